The van der Waals surface area contributed by atoms with Gasteiger partial charge in [0.05, 0.1) is 5.69 Å². The smallest absolute Gasteiger partial charge is 0.287 e. The highest BCUT2D eigenvalue weighted by molar-refractivity contribution is 7.90. The number of sulfonamides is 1. The molecule has 0 amide bonds. The number of nitrogens with one attached hydrogen (secondary N) is 1. The molecule has 0 radical (unpaired) electrons. The predicted molar refractivity (Wildman–Crippen MR) is 81.1 cm³/mol. The topological polar surface area (TPSA) is 61.8 Å². The van der Waals surface area contributed by atoms with Crippen LogP contribution >= 0.6 is 11.6 Å². The predicted octanol–water partition coefficient (Wildman–Crippen LogP) is 2.63. The summed E-state index contributed by atoms with van der Waals surface area (Å²) in [5, 5.41) is 2.66. The van der Waals surface area contributed by atoms with Crippen LogP contribution in [0.1, 0.15) is 19.8 Å². The molecule has 2 heterocycles. The van der Waals surface area contributed by atoms with Gasteiger partial charge >= 0.3 is 0 Å². The third kappa shape index (κ3) is 2.50. The van der Waals surface area contributed by atoms with E-state index < -0.39 is 10.0 Å². The van der Waals surface area contributed by atoms with Gasteiger partial charge in [-0.2, -0.15) is 8.42 Å². The summed E-state index contributed by atoms with van der Waals surface area (Å²) in [7, 11) is -3.70. The Morgan fingerprint density at radius 3 is 3.00 bits per heavy atom. The van der Waals surface area contributed by atoms with Crippen LogP contribution in [0.15, 0.2) is 27.5 Å². The Kier molecular flexibility index (Phi) is 3.38. The molecule has 1 unspecified atom stereocenters. The van der Waals surface area contributed by atoms with Crippen molar-refractivity contribution in [2.24, 2.45) is 10.3 Å². The largest absolute Gasteiger partial charge is 0.371 e. The minimum absolute atomic E-state index is 0.114. The highest BCUT2D eigenvalue weighted by Gasteiger charge is 2.26. The summed E-state index contributed by atoms with van der Waals surface area (Å²) in [6.45, 7) is 4.13. The number of piperidine rings is 1. The van der Waals surface area contributed by atoms with E-state index in [0.717, 1.165) is 25.2 Å². The van der Waals surface area contributed by atoms with Gasteiger partial charge < -0.3 is 10.2 Å². The van der Waals surface area contributed by atoms with Crippen LogP contribution < -0.4 is 10.2 Å². The molecule has 1 aromatic rings. The van der Waals surface area contributed by atoms with Crippen LogP contribution in [0.25, 0.3) is 0 Å². The van der Waals surface area contributed by atoms with E-state index in [1.165, 1.54) is 6.42 Å². The first-order valence-corrected chi connectivity index (χ1v) is 8.44. The third-order valence-corrected chi connectivity index (χ3v) is 5.30. The second-order valence-corrected chi connectivity index (χ2v) is 7.29. The van der Waals surface area contributed by atoms with Gasteiger partial charge in [0.25, 0.3) is 10.0 Å². The SMILES string of the molecule is CC1CCCN(c2ccc3c(c2)S(=O)(=O)N=C(Cl)N3)C1. The molecule has 0 aromatic heterocycles. The summed E-state index contributed by atoms with van der Waals surface area (Å²) in [6, 6.07) is 5.36. The van der Waals surface area contributed by atoms with Crippen LogP contribution in [-0.4, -0.2) is 26.8 Å². The van der Waals surface area contributed by atoms with E-state index in [9.17, 15) is 8.42 Å². The average Bonchev–Trinajstić information content (AvgIpc) is 2.37. The van der Waals surface area contributed by atoms with Gasteiger partial charge in [-0.15, -0.1) is 4.40 Å². The molecule has 7 heteroatoms. The van der Waals surface area contributed by atoms with Crippen molar-refractivity contribution in [2.45, 2.75) is 24.7 Å². The number of halogens is 1. The normalized spacial score (nSPS) is 24.6. The van der Waals surface area contributed by atoms with Gasteiger partial charge in [-0.25, -0.2) is 0 Å². The molecule has 3 rings (SSSR count). The van der Waals surface area contributed by atoms with Gasteiger partial charge in [-0.3, -0.25) is 0 Å². The molecule has 0 saturated carbocycles. The molecule has 2 aliphatic heterocycles. The number of rotatable bonds is 1. The molecule has 108 valence electrons. The summed E-state index contributed by atoms with van der Waals surface area (Å²) < 4.78 is 27.6. The maximum Gasteiger partial charge on any atom is 0.287 e. The lowest BCUT2D eigenvalue weighted by atomic mass is 10.00. The lowest BCUT2D eigenvalue weighted by molar-refractivity contribution is 0.446. The number of anilines is 2. The molecule has 0 bridgehead atoms. The number of benzene rings is 1. The van der Waals surface area contributed by atoms with Gasteiger partial charge in [0.2, 0.25) is 5.29 Å². The Labute approximate surface area is 123 Å². The summed E-state index contributed by atoms with van der Waals surface area (Å²) in [6.07, 6.45) is 2.36. The van der Waals surface area contributed by atoms with Crippen molar-refractivity contribution in [2.75, 3.05) is 23.3 Å². The average molecular weight is 314 g/mol. The van der Waals surface area contributed by atoms with Crippen LogP contribution in [0.2, 0.25) is 0 Å². The maximum absolute atomic E-state index is 12.1. The Morgan fingerprint density at radius 2 is 2.25 bits per heavy atom. The highest BCUT2D eigenvalue weighted by atomic mass is 35.5. The first-order valence-electron chi connectivity index (χ1n) is 6.62. The third-order valence-electron chi connectivity index (χ3n) is 3.70. The molecule has 0 spiro atoms. The van der Waals surface area contributed by atoms with E-state index >= 15 is 0 Å². The number of hydrogen-bond donors (Lipinski definition) is 1. The molecule has 0 aliphatic carbocycles. The molecule has 20 heavy (non-hydrogen) atoms. The van der Waals surface area contributed by atoms with E-state index in [4.69, 9.17) is 11.6 Å². The summed E-state index contributed by atoms with van der Waals surface area (Å²) in [4.78, 5) is 2.42. The fourth-order valence-corrected chi connectivity index (χ4v) is 4.13. The van der Waals surface area contributed by atoms with Crippen LogP contribution in [0.3, 0.4) is 0 Å². The minimum atomic E-state index is -3.70. The number of amidine groups is 1. The Hall–Kier alpha value is -1.27. The van der Waals surface area contributed by atoms with Crippen LogP contribution in [0.5, 0.6) is 0 Å². The number of hydrogen-bond acceptors (Lipinski definition) is 4. The monoisotopic (exact) mass is 313 g/mol. The fraction of sp³-hybridized carbons (Fsp3) is 0.462. The standard InChI is InChI=1S/C13H16ClN3O2S/c1-9-3-2-6-17(8-9)10-4-5-11-12(7-10)20(18,19)16-13(14)15-11/h4-5,7,9H,2-3,6,8H2,1H3,(H,15,16). The second-order valence-electron chi connectivity index (χ2n) is 5.36. The Morgan fingerprint density at radius 1 is 1.45 bits per heavy atom. The summed E-state index contributed by atoms with van der Waals surface area (Å²) >= 11 is 5.69. The molecular weight excluding hydrogens is 298 g/mol. The van der Waals surface area contributed by atoms with Gasteiger partial charge in [-0.05, 0) is 48.6 Å². The van der Waals surface area contributed by atoms with Crippen molar-refractivity contribution in [1.29, 1.82) is 0 Å². The molecular formula is C13H16ClN3O2S. The molecule has 1 N–H and O–H groups in total. The van der Waals surface area contributed by atoms with Crippen molar-refractivity contribution < 1.29 is 8.42 Å². The molecule has 1 saturated heterocycles. The van der Waals surface area contributed by atoms with Crippen molar-refractivity contribution in [3.05, 3.63) is 18.2 Å². The number of fused-ring (bicyclic) bond motifs is 1. The van der Waals surface area contributed by atoms with Crippen molar-refractivity contribution in [3.63, 3.8) is 0 Å². The first kappa shape index (κ1) is 13.7. The highest BCUT2D eigenvalue weighted by Crippen LogP contribution is 2.33. The Balaban J connectivity index is 1.99. The van der Waals surface area contributed by atoms with Gasteiger partial charge in [0.1, 0.15) is 4.90 Å². The first-order chi connectivity index (χ1) is 9.45. The fourth-order valence-electron chi connectivity index (χ4n) is 2.74. The van der Waals surface area contributed by atoms with E-state index in [1.807, 2.05) is 6.07 Å². The molecule has 5 nitrogen and oxygen atoms in total. The zero-order valence-electron chi connectivity index (χ0n) is 11.1. The second kappa shape index (κ2) is 4.93. The van der Waals surface area contributed by atoms with Gasteiger partial charge in [0.15, 0.2) is 0 Å². The van der Waals surface area contributed by atoms with Gasteiger partial charge in [-0.1, -0.05) is 6.92 Å². The molecule has 1 aromatic carbocycles. The van der Waals surface area contributed by atoms with E-state index in [-0.39, 0.29) is 10.2 Å². The van der Waals surface area contributed by atoms with Crippen molar-refractivity contribution >= 4 is 38.3 Å². The molecule has 2 aliphatic rings. The van der Waals surface area contributed by atoms with Crippen molar-refractivity contribution in [3.8, 4) is 0 Å². The maximum atomic E-state index is 12.1. The Bertz CT molecular complexity index is 672. The van der Waals surface area contributed by atoms with Crippen LogP contribution in [-0.2, 0) is 10.0 Å². The quantitative estimate of drug-likeness (QED) is 0.810. The van der Waals surface area contributed by atoms with E-state index in [2.05, 4.69) is 21.5 Å². The zero-order valence-corrected chi connectivity index (χ0v) is 12.7. The lowest BCUT2D eigenvalue weighted by Crippen LogP contribution is -2.34. The van der Waals surface area contributed by atoms with E-state index in [0.29, 0.717) is 11.6 Å². The lowest BCUT2D eigenvalue weighted by Gasteiger charge is -2.33. The number of nitrogens with zero attached hydrogens (tertiary/aromatic N) is 2. The summed E-state index contributed by atoms with van der Waals surface area (Å²) in [5.74, 6) is 0.627. The van der Waals surface area contributed by atoms with Gasteiger partial charge in [0, 0.05) is 18.8 Å². The van der Waals surface area contributed by atoms with Crippen LogP contribution in [0.4, 0.5) is 11.4 Å². The van der Waals surface area contributed by atoms with Crippen LogP contribution in [0, 0.1) is 5.92 Å². The zero-order chi connectivity index (χ0) is 14.3. The molecule has 1 fully saturated rings. The summed E-state index contributed by atoms with van der Waals surface area (Å²) in [5.41, 5.74) is 1.41. The van der Waals surface area contributed by atoms with Crippen molar-refractivity contribution in [1.82, 2.24) is 0 Å². The minimum Gasteiger partial charge on any atom is -0.371 e. The van der Waals surface area contributed by atoms with E-state index in [1.54, 1.807) is 12.1 Å². The molecule has 1 atom stereocenters.